The molecule has 0 aliphatic heterocycles. The smallest absolute Gasteiger partial charge is 0.274 e. The van der Waals surface area contributed by atoms with E-state index in [1.807, 2.05) is 6.92 Å². The Morgan fingerprint density at radius 3 is 2.85 bits per heavy atom. The van der Waals surface area contributed by atoms with E-state index in [-0.39, 0.29) is 17.4 Å². The summed E-state index contributed by atoms with van der Waals surface area (Å²) in [6.07, 6.45) is 0. The number of carbonyl (C=O) groups excluding carboxylic acids is 1. The lowest BCUT2D eigenvalue weighted by atomic mass is 10.2. The van der Waals surface area contributed by atoms with Gasteiger partial charge >= 0.3 is 0 Å². The van der Waals surface area contributed by atoms with Gasteiger partial charge in [0, 0.05) is 12.2 Å². The van der Waals surface area contributed by atoms with Crippen LogP contribution in [-0.4, -0.2) is 17.4 Å². The quantitative estimate of drug-likeness (QED) is 0.899. The summed E-state index contributed by atoms with van der Waals surface area (Å²) in [5, 5.41) is 5.70. The van der Waals surface area contributed by atoms with Gasteiger partial charge in [0.25, 0.3) is 5.91 Å². The van der Waals surface area contributed by atoms with Crippen molar-refractivity contribution in [1.29, 1.82) is 0 Å². The van der Waals surface area contributed by atoms with Crippen LogP contribution in [0.15, 0.2) is 36.4 Å². The third-order valence-corrected chi connectivity index (χ3v) is 2.79. The fraction of sp³-hybridized carbons (Fsp3) is 0.200. The third-order valence-electron chi connectivity index (χ3n) is 2.79. The molecule has 0 saturated carbocycles. The summed E-state index contributed by atoms with van der Waals surface area (Å²) in [7, 11) is 0. The third kappa shape index (κ3) is 3.32. The predicted molar refractivity (Wildman–Crippen MR) is 77.5 cm³/mol. The minimum Gasteiger partial charge on any atom is -0.370 e. The zero-order valence-electron chi connectivity index (χ0n) is 11.4. The van der Waals surface area contributed by atoms with E-state index < -0.39 is 0 Å². The first kappa shape index (κ1) is 14.0. The minimum absolute atomic E-state index is 0.284. The Balaban J connectivity index is 2.19. The second-order valence-corrected chi connectivity index (χ2v) is 4.35. The van der Waals surface area contributed by atoms with Gasteiger partial charge in [0.05, 0.1) is 0 Å². The number of carbonyl (C=O) groups is 1. The van der Waals surface area contributed by atoms with Gasteiger partial charge in [-0.3, -0.25) is 4.79 Å². The first-order chi connectivity index (χ1) is 9.60. The molecule has 0 fully saturated rings. The maximum Gasteiger partial charge on any atom is 0.274 e. The summed E-state index contributed by atoms with van der Waals surface area (Å²) >= 11 is 0. The molecule has 0 aliphatic carbocycles. The Hall–Kier alpha value is -2.43. The number of halogens is 1. The standard InChI is InChI=1S/C15H16FN3O/c1-3-17-14-6-4-5-12(18-14)15(20)19-13-9-11(16)8-7-10(13)2/h4-9H,3H2,1-2H3,(H,17,18)(H,19,20). The number of benzene rings is 1. The first-order valence-corrected chi connectivity index (χ1v) is 6.38. The predicted octanol–water partition coefficient (Wildman–Crippen LogP) is 3.21. The van der Waals surface area contributed by atoms with Crippen LogP contribution in [-0.2, 0) is 0 Å². The minimum atomic E-state index is -0.389. The molecule has 0 spiro atoms. The van der Waals surface area contributed by atoms with Gasteiger partial charge in [-0.1, -0.05) is 12.1 Å². The monoisotopic (exact) mass is 273 g/mol. The van der Waals surface area contributed by atoms with Gasteiger partial charge < -0.3 is 10.6 Å². The maximum atomic E-state index is 13.2. The zero-order chi connectivity index (χ0) is 14.5. The van der Waals surface area contributed by atoms with Crippen LogP contribution in [0.2, 0.25) is 0 Å². The number of aryl methyl sites for hydroxylation is 1. The Morgan fingerprint density at radius 2 is 2.10 bits per heavy atom. The molecule has 2 aromatic rings. The van der Waals surface area contributed by atoms with E-state index in [1.165, 1.54) is 12.1 Å². The van der Waals surface area contributed by atoms with Gasteiger partial charge in [-0.25, -0.2) is 9.37 Å². The number of amides is 1. The van der Waals surface area contributed by atoms with Crippen molar-refractivity contribution in [3.05, 3.63) is 53.5 Å². The summed E-state index contributed by atoms with van der Waals surface area (Å²) < 4.78 is 13.2. The van der Waals surface area contributed by atoms with Crippen molar-refractivity contribution in [3.8, 4) is 0 Å². The zero-order valence-corrected chi connectivity index (χ0v) is 11.4. The van der Waals surface area contributed by atoms with Crippen LogP contribution in [0.1, 0.15) is 23.0 Å². The van der Waals surface area contributed by atoms with E-state index in [4.69, 9.17) is 0 Å². The Morgan fingerprint density at radius 1 is 1.30 bits per heavy atom. The topological polar surface area (TPSA) is 54.0 Å². The van der Waals surface area contributed by atoms with Crippen LogP contribution >= 0.6 is 0 Å². The molecule has 2 N–H and O–H groups in total. The van der Waals surface area contributed by atoms with Crippen LogP contribution in [0, 0.1) is 12.7 Å². The molecule has 1 heterocycles. The van der Waals surface area contributed by atoms with Crippen LogP contribution in [0.5, 0.6) is 0 Å². The van der Waals surface area contributed by atoms with E-state index in [2.05, 4.69) is 15.6 Å². The van der Waals surface area contributed by atoms with Gasteiger partial charge in [0.2, 0.25) is 0 Å². The van der Waals surface area contributed by atoms with Crippen LogP contribution in [0.4, 0.5) is 15.9 Å². The highest BCUT2D eigenvalue weighted by Crippen LogP contribution is 2.17. The van der Waals surface area contributed by atoms with E-state index in [9.17, 15) is 9.18 Å². The largest absolute Gasteiger partial charge is 0.370 e. The van der Waals surface area contributed by atoms with Crippen molar-refractivity contribution in [3.63, 3.8) is 0 Å². The van der Waals surface area contributed by atoms with Crippen LogP contribution in [0.25, 0.3) is 0 Å². The number of pyridine rings is 1. The van der Waals surface area contributed by atoms with Crippen molar-refractivity contribution < 1.29 is 9.18 Å². The van der Waals surface area contributed by atoms with Crippen molar-refractivity contribution in [2.75, 3.05) is 17.2 Å². The molecule has 4 nitrogen and oxygen atoms in total. The maximum absolute atomic E-state index is 13.2. The normalized spacial score (nSPS) is 10.2. The highest BCUT2D eigenvalue weighted by Gasteiger charge is 2.10. The van der Waals surface area contributed by atoms with E-state index >= 15 is 0 Å². The molecular weight excluding hydrogens is 257 g/mol. The number of nitrogens with zero attached hydrogens (tertiary/aromatic N) is 1. The molecular formula is C15H16FN3O. The molecule has 2 rings (SSSR count). The number of hydrogen-bond donors (Lipinski definition) is 2. The molecule has 104 valence electrons. The molecule has 0 atom stereocenters. The summed E-state index contributed by atoms with van der Waals surface area (Å²) in [6, 6.07) is 9.42. The molecule has 1 aromatic carbocycles. The average Bonchev–Trinajstić information content (AvgIpc) is 2.43. The highest BCUT2D eigenvalue weighted by molar-refractivity contribution is 6.03. The SMILES string of the molecule is CCNc1cccc(C(=O)Nc2cc(F)ccc2C)n1. The lowest BCUT2D eigenvalue weighted by molar-refractivity contribution is 0.102. The van der Waals surface area contributed by atoms with Crippen molar-refractivity contribution in [1.82, 2.24) is 4.98 Å². The van der Waals surface area contributed by atoms with Gasteiger partial charge in [0.1, 0.15) is 17.3 Å². The van der Waals surface area contributed by atoms with Crippen LogP contribution in [0.3, 0.4) is 0 Å². The summed E-state index contributed by atoms with van der Waals surface area (Å²) in [6.45, 7) is 4.48. The highest BCUT2D eigenvalue weighted by atomic mass is 19.1. The molecule has 0 bridgehead atoms. The van der Waals surface area contributed by atoms with Crippen LogP contribution < -0.4 is 10.6 Å². The lowest BCUT2D eigenvalue weighted by Crippen LogP contribution is -2.15. The Bertz CT molecular complexity index is 628. The molecule has 1 amide bonds. The van der Waals surface area contributed by atoms with Crippen molar-refractivity contribution in [2.24, 2.45) is 0 Å². The molecule has 1 aromatic heterocycles. The number of nitrogens with one attached hydrogen (secondary N) is 2. The fourth-order valence-corrected chi connectivity index (χ4v) is 1.76. The number of rotatable bonds is 4. The van der Waals surface area contributed by atoms with Gasteiger partial charge in [-0.15, -0.1) is 0 Å². The number of aromatic nitrogens is 1. The molecule has 0 saturated heterocycles. The molecule has 20 heavy (non-hydrogen) atoms. The van der Waals surface area contributed by atoms with Gasteiger partial charge in [0.15, 0.2) is 0 Å². The fourth-order valence-electron chi connectivity index (χ4n) is 1.76. The number of anilines is 2. The summed E-state index contributed by atoms with van der Waals surface area (Å²) in [5.74, 6) is -0.116. The van der Waals surface area contributed by atoms with Gasteiger partial charge in [-0.2, -0.15) is 0 Å². The van der Waals surface area contributed by atoms with Crippen molar-refractivity contribution >= 4 is 17.4 Å². The lowest BCUT2D eigenvalue weighted by Gasteiger charge is -2.09. The summed E-state index contributed by atoms with van der Waals surface area (Å²) in [5.41, 5.74) is 1.53. The van der Waals surface area contributed by atoms with E-state index in [0.29, 0.717) is 11.5 Å². The van der Waals surface area contributed by atoms with E-state index in [1.54, 1.807) is 31.2 Å². The number of hydrogen-bond acceptors (Lipinski definition) is 3. The molecule has 0 unspecified atom stereocenters. The second kappa shape index (κ2) is 6.14. The van der Waals surface area contributed by atoms with Gasteiger partial charge in [-0.05, 0) is 43.7 Å². The molecule has 0 aliphatic rings. The second-order valence-electron chi connectivity index (χ2n) is 4.35. The first-order valence-electron chi connectivity index (χ1n) is 6.38. The van der Waals surface area contributed by atoms with E-state index in [0.717, 1.165) is 12.1 Å². The molecule has 5 heteroatoms. The Labute approximate surface area is 117 Å². The summed E-state index contributed by atoms with van der Waals surface area (Å²) in [4.78, 5) is 16.3. The molecule has 0 radical (unpaired) electrons. The Kier molecular flexibility index (Phi) is 4.30. The van der Waals surface area contributed by atoms with Crippen molar-refractivity contribution in [2.45, 2.75) is 13.8 Å². The average molecular weight is 273 g/mol.